The van der Waals surface area contributed by atoms with Gasteiger partial charge in [0, 0.05) is 17.9 Å². The molecule has 0 heterocycles. The van der Waals surface area contributed by atoms with Gasteiger partial charge in [-0.15, -0.1) is 0 Å². The van der Waals surface area contributed by atoms with Crippen molar-refractivity contribution in [3.05, 3.63) is 35.4 Å². The maximum absolute atomic E-state index is 10.7. The molecule has 0 bridgehead atoms. The van der Waals surface area contributed by atoms with Crippen molar-refractivity contribution in [1.29, 1.82) is 0 Å². The molecular weight excluding hydrogens is 254 g/mol. The normalized spacial score (nSPS) is 10.7. The molecule has 1 aromatic carbocycles. The summed E-state index contributed by atoms with van der Waals surface area (Å²) in [5.74, 6) is -3.76. The average Bonchev–Trinajstić information content (AvgIpc) is 2.15. The molecule has 1 atom stereocenters. The minimum Gasteiger partial charge on any atom is -0.550 e. The predicted octanol–water partition coefficient (Wildman–Crippen LogP) is -6.95. The van der Waals surface area contributed by atoms with Gasteiger partial charge in [-0.25, -0.2) is 0 Å². The molecule has 18 heavy (non-hydrogen) atoms. The minimum absolute atomic E-state index is 0. The molecule has 4 nitrogen and oxygen atoms in total. The van der Waals surface area contributed by atoms with Crippen LogP contribution in [0.15, 0.2) is 24.3 Å². The number of aryl methyl sites for hydroxylation is 1. The Kier molecular flexibility index (Phi) is 11.4. The molecule has 0 amide bonds. The van der Waals surface area contributed by atoms with Crippen molar-refractivity contribution in [3.8, 4) is 0 Å². The van der Waals surface area contributed by atoms with Crippen LogP contribution in [0, 0.1) is 12.8 Å². The molecule has 1 aromatic rings. The maximum Gasteiger partial charge on any atom is 1.00 e. The van der Waals surface area contributed by atoms with Crippen LogP contribution in [-0.4, -0.2) is 11.9 Å². The van der Waals surface area contributed by atoms with Crippen LogP contribution in [0.2, 0.25) is 0 Å². The van der Waals surface area contributed by atoms with E-state index in [0.29, 0.717) is 0 Å². The zero-order valence-electron chi connectivity index (χ0n) is 10.9. The third-order valence-corrected chi connectivity index (χ3v) is 2.31. The first-order valence-corrected chi connectivity index (χ1v) is 4.95. The quantitative estimate of drug-likeness (QED) is 0.496. The molecule has 0 aliphatic rings. The number of carboxylic acids is 2. The van der Waals surface area contributed by atoms with Crippen LogP contribution in [0.1, 0.15) is 17.5 Å². The van der Waals surface area contributed by atoms with Gasteiger partial charge in [0.1, 0.15) is 0 Å². The second-order valence-electron chi connectivity index (χ2n) is 3.79. The van der Waals surface area contributed by atoms with Crippen LogP contribution in [0.3, 0.4) is 0 Å². The van der Waals surface area contributed by atoms with E-state index in [1.165, 1.54) is 0 Å². The second kappa shape index (κ2) is 10.0. The maximum atomic E-state index is 10.7. The Morgan fingerprint density at radius 2 is 1.83 bits per heavy atom. The van der Waals surface area contributed by atoms with Gasteiger partial charge >= 0.3 is 59.1 Å². The summed E-state index contributed by atoms with van der Waals surface area (Å²) in [7, 11) is 0. The van der Waals surface area contributed by atoms with Crippen LogP contribution in [0.4, 0.5) is 0 Å². The molecule has 0 aliphatic heterocycles. The summed E-state index contributed by atoms with van der Waals surface area (Å²) in [6.07, 6.45) is -0.367. The number of carboxylic acid groups (broad SMARTS) is 2. The third kappa shape index (κ3) is 7.56. The van der Waals surface area contributed by atoms with Crippen molar-refractivity contribution in [2.24, 2.45) is 5.92 Å². The zero-order chi connectivity index (χ0) is 12.1. The van der Waals surface area contributed by atoms with E-state index < -0.39 is 24.3 Å². The van der Waals surface area contributed by atoms with E-state index in [9.17, 15) is 19.8 Å². The first kappa shape index (κ1) is 20.5. The van der Waals surface area contributed by atoms with Gasteiger partial charge in [0.05, 0.1) is 0 Å². The molecule has 1 unspecified atom stereocenters. The van der Waals surface area contributed by atoms with Gasteiger partial charge in [-0.05, 0) is 25.3 Å². The van der Waals surface area contributed by atoms with Gasteiger partial charge in [0.2, 0.25) is 0 Å². The fraction of sp³-hybridized carbons (Fsp3) is 0.333. The first-order chi connectivity index (χ1) is 7.49. The molecule has 0 radical (unpaired) electrons. The van der Waals surface area contributed by atoms with E-state index in [1.807, 2.05) is 19.1 Å². The van der Waals surface area contributed by atoms with E-state index in [-0.39, 0.29) is 65.5 Å². The molecule has 86 valence electrons. The summed E-state index contributed by atoms with van der Waals surface area (Å²) in [4.78, 5) is 21.1. The van der Waals surface area contributed by atoms with Crippen molar-refractivity contribution >= 4 is 11.9 Å². The Morgan fingerprint density at radius 3 is 2.28 bits per heavy atom. The Labute approximate surface area is 150 Å². The number of hydrogen-bond acceptors (Lipinski definition) is 4. The molecule has 0 spiro atoms. The van der Waals surface area contributed by atoms with Crippen molar-refractivity contribution in [2.75, 3.05) is 0 Å². The standard InChI is InChI=1S/C12H14O4.2Na/c1-8-3-2-4-9(5-8)6-10(12(15)16)7-11(13)14;;/h2-5,10H,6-7H2,1H3,(H,13,14)(H,15,16);;/q;2*+1/p-2. The van der Waals surface area contributed by atoms with Gasteiger partial charge in [-0.1, -0.05) is 29.8 Å². The number of carbonyl (C=O) groups excluding carboxylic acids is 2. The molecule has 0 aliphatic carbocycles. The van der Waals surface area contributed by atoms with E-state index in [4.69, 9.17) is 0 Å². The Bertz CT molecular complexity index is 407. The molecule has 0 N–H and O–H groups in total. The summed E-state index contributed by atoms with van der Waals surface area (Å²) in [6, 6.07) is 7.27. The van der Waals surface area contributed by atoms with Crippen LogP contribution in [0.5, 0.6) is 0 Å². The number of rotatable bonds is 5. The Hall–Kier alpha value is 0.160. The monoisotopic (exact) mass is 266 g/mol. The minimum atomic E-state index is -1.37. The summed E-state index contributed by atoms with van der Waals surface area (Å²) in [5.41, 5.74) is 1.79. The smallest absolute Gasteiger partial charge is 0.550 e. The SMILES string of the molecule is Cc1cccc(CC(CC(=O)[O-])C(=O)[O-])c1.[Na+].[Na+]. The van der Waals surface area contributed by atoms with Crippen molar-refractivity contribution in [3.63, 3.8) is 0 Å². The van der Waals surface area contributed by atoms with E-state index in [2.05, 4.69) is 0 Å². The molecule has 0 fully saturated rings. The average molecular weight is 266 g/mol. The molecule has 6 heteroatoms. The predicted molar refractivity (Wildman–Crippen MR) is 53.0 cm³/mol. The fourth-order valence-corrected chi connectivity index (χ4v) is 1.56. The summed E-state index contributed by atoms with van der Waals surface area (Å²) < 4.78 is 0. The number of benzene rings is 1. The molecular formula is C12H12Na2O4. The number of aliphatic carboxylic acids is 2. The molecule has 0 aromatic heterocycles. The molecule has 0 saturated carbocycles. The van der Waals surface area contributed by atoms with Gasteiger partial charge in [-0.2, -0.15) is 0 Å². The number of carbonyl (C=O) groups is 2. The van der Waals surface area contributed by atoms with Crippen LogP contribution in [0.25, 0.3) is 0 Å². The van der Waals surface area contributed by atoms with Gasteiger partial charge in [0.25, 0.3) is 0 Å². The third-order valence-electron chi connectivity index (χ3n) is 2.31. The zero-order valence-corrected chi connectivity index (χ0v) is 14.9. The van der Waals surface area contributed by atoms with Gasteiger partial charge in [-0.3, -0.25) is 0 Å². The van der Waals surface area contributed by atoms with Crippen LogP contribution >= 0.6 is 0 Å². The van der Waals surface area contributed by atoms with Crippen LogP contribution in [-0.2, 0) is 16.0 Å². The van der Waals surface area contributed by atoms with Crippen molar-refractivity contribution in [2.45, 2.75) is 19.8 Å². The summed E-state index contributed by atoms with van der Waals surface area (Å²) >= 11 is 0. The topological polar surface area (TPSA) is 80.3 Å². The van der Waals surface area contributed by atoms with Gasteiger partial charge < -0.3 is 19.8 Å². The molecule has 0 saturated heterocycles. The Morgan fingerprint density at radius 1 is 1.22 bits per heavy atom. The van der Waals surface area contributed by atoms with E-state index in [1.54, 1.807) is 12.1 Å². The number of hydrogen-bond donors (Lipinski definition) is 0. The summed E-state index contributed by atoms with van der Waals surface area (Å²) in [6.45, 7) is 1.89. The van der Waals surface area contributed by atoms with Gasteiger partial charge in [0.15, 0.2) is 0 Å². The van der Waals surface area contributed by atoms with Crippen molar-refractivity contribution < 1.29 is 78.9 Å². The molecule has 1 rings (SSSR count). The van der Waals surface area contributed by atoms with E-state index in [0.717, 1.165) is 11.1 Å². The first-order valence-electron chi connectivity index (χ1n) is 4.95. The second-order valence-corrected chi connectivity index (χ2v) is 3.79. The van der Waals surface area contributed by atoms with Crippen LogP contribution < -0.4 is 69.3 Å². The largest absolute Gasteiger partial charge is 1.00 e. The van der Waals surface area contributed by atoms with Crippen molar-refractivity contribution in [1.82, 2.24) is 0 Å². The fourth-order valence-electron chi connectivity index (χ4n) is 1.56. The van der Waals surface area contributed by atoms with E-state index >= 15 is 0 Å². The summed E-state index contributed by atoms with van der Waals surface area (Å²) in [5, 5.41) is 21.1. The Balaban J connectivity index is 0.